The van der Waals surface area contributed by atoms with E-state index in [4.69, 9.17) is 5.84 Å². The Labute approximate surface area is 115 Å². The van der Waals surface area contributed by atoms with Crippen molar-refractivity contribution in [2.75, 3.05) is 13.6 Å². The van der Waals surface area contributed by atoms with Crippen molar-refractivity contribution in [1.82, 2.24) is 10.3 Å². The van der Waals surface area contributed by atoms with Gasteiger partial charge in [0.05, 0.1) is 6.42 Å². The van der Waals surface area contributed by atoms with E-state index in [9.17, 15) is 4.79 Å². The largest absolute Gasteiger partial charge is 0.302 e. The zero-order valence-corrected chi connectivity index (χ0v) is 12.1. The molecule has 1 atom stereocenters. The zero-order chi connectivity index (χ0) is 14.3. The van der Waals surface area contributed by atoms with Crippen molar-refractivity contribution in [3.63, 3.8) is 0 Å². The highest BCUT2D eigenvalue weighted by Crippen LogP contribution is 2.10. The van der Waals surface area contributed by atoms with E-state index >= 15 is 0 Å². The Balaban J connectivity index is 2.49. The molecule has 0 saturated heterocycles. The van der Waals surface area contributed by atoms with Gasteiger partial charge in [-0.2, -0.15) is 0 Å². The lowest BCUT2D eigenvalue weighted by atomic mass is 10.1. The minimum Gasteiger partial charge on any atom is -0.302 e. The molecule has 0 heterocycles. The van der Waals surface area contributed by atoms with Gasteiger partial charge in [0.2, 0.25) is 5.91 Å². The molecule has 0 bridgehead atoms. The third-order valence-electron chi connectivity index (χ3n) is 3.32. The van der Waals surface area contributed by atoms with E-state index in [1.165, 1.54) is 12.0 Å². The van der Waals surface area contributed by atoms with Gasteiger partial charge >= 0.3 is 0 Å². The van der Waals surface area contributed by atoms with Crippen molar-refractivity contribution in [2.24, 2.45) is 11.8 Å². The third kappa shape index (κ3) is 5.85. The van der Waals surface area contributed by atoms with E-state index in [-0.39, 0.29) is 5.91 Å². The van der Waals surface area contributed by atoms with Crippen LogP contribution in [0.25, 0.3) is 0 Å². The Bertz CT molecular complexity index is 389. The Hall–Kier alpha value is -1.39. The second-order valence-corrected chi connectivity index (χ2v) is 5.27. The van der Waals surface area contributed by atoms with E-state index in [2.05, 4.69) is 43.4 Å². The number of benzene rings is 1. The molecule has 1 aromatic rings. The number of amides is 1. The van der Waals surface area contributed by atoms with Crippen LogP contribution in [0.1, 0.15) is 31.4 Å². The highest BCUT2D eigenvalue weighted by molar-refractivity contribution is 5.77. The summed E-state index contributed by atoms with van der Waals surface area (Å²) in [4.78, 5) is 13.5. The molecule has 0 aromatic heterocycles. The number of carbonyl (C=O) groups excluding carboxylic acids is 1. The quantitative estimate of drug-likeness (QED) is 0.447. The van der Waals surface area contributed by atoms with Crippen molar-refractivity contribution < 1.29 is 4.79 Å². The monoisotopic (exact) mass is 263 g/mol. The van der Waals surface area contributed by atoms with Gasteiger partial charge in [0.25, 0.3) is 0 Å². The van der Waals surface area contributed by atoms with Crippen molar-refractivity contribution in [3.8, 4) is 0 Å². The Kier molecular flexibility index (Phi) is 6.53. The highest BCUT2D eigenvalue weighted by atomic mass is 16.2. The molecule has 1 rings (SSSR count). The maximum absolute atomic E-state index is 11.2. The molecule has 1 unspecified atom stereocenters. The number of nitrogens with two attached hydrogens (primary N) is 1. The predicted octanol–water partition coefficient (Wildman–Crippen LogP) is 1.70. The second-order valence-electron chi connectivity index (χ2n) is 5.27. The standard InChI is InChI=1S/C15H25N3O/c1-4-12(2)10-18(3)11-14-7-5-13(6-8-14)9-15(19)17-16/h5-8,12H,4,9-11,16H2,1-3H3,(H,17,19). The van der Waals surface area contributed by atoms with Gasteiger partial charge in [-0.15, -0.1) is 0 Å². The van der Waals surface area contributed by atoms with Gasteiger partial charge in [-0.05, 0) is 24.1 Å². The first-order valence-electron chi connectivity index (χ1n) is 6.81. The van der Waals surface area contributed by atoms with Crippen LogP contribution in [0, 0.1) is 5.92 Å². The molecule has 0 saturated carbocycles. The van der Waals surface area contributed by atoms with Crippen LogP contribution in [0.3, 0.4) is 0 Å². The van der Waals surface area contributed by atoms with Crippen LogP contribution < -0.4 is 11.3 Å². The number of carbonyl (C=O) groups is 1. The number of nitrogens with one attached hydrogen (secondary N) is 1. The van der Waals surface area contributed by atoms with E-state index in [1.54, 1.807) is 0 Å². The van der Waals surface area contributed by atoms with Crippen LogP contribution in [0.2, 0.25) is 0 Å². The molecule has 0 aliphatic heterocycles. The summed E-state index contributed by atoms with van der Waals surface area (Å²) in [5, 5.41) is 0. The first kappa shape index (κ1) is 15.7. The smallest absolute Gasteiger partial charge is 0.238 e. The molecular formula is C15H25N3O. The van der Waals surface area contributed by atoms with Gasteiger partial charge in [-0.25, -0.2) is 5.84 Å². The number of hydrogen-bond acceptors (Lipinski definition) is 3. The third-order valence-corrected chi connectivity index (χ3v) is 3.32. The fraction of sp³-hybridized carbons (Fsp3) is 0.533. The summed E-state index contributed by atoms with van der Waals surface area (Å²) < 4.78 is 0. The SMILES string of the molecule is CCC(C)CN(C)Cc1ccc(CC(=O)NN)cc1. The molecule has 4 nitrogen and oxygen atoms in total. The molecule has 0 aliphatic carbocycles. The Morgan fingerprint density at radius 2 is 1.89 bits per heavy atom. The van der Waals surface area contributed by atoms with E-state index < -0.39 is 0 Å². The van der Waals surface area contributed by atoms with Gasteiger partial charge in [-0.1, -0.05) is 44.5 Å². The molecule has 3 N–H and O–H groups in total. The van der Waals surface area contributed by atoms with Gasteiger partial charge in [0.1, 0.15) is 0 Å². The lowest BCUT2D eigenvalue weighted by Gasteiger charge is -2.20. The Morgan fingerprint density at radius 3 is 2.42 bits per heavy atom. The second kappa shape index (κ2) is 7.92. The lowest BCUT2D eigenvalue weighted by Crippen LogP contribution is -2.31. The molecular weight excluding hydrogens is 238 g/mol. The summed E-state index contributed by atoms with van der Waals surface area (Å²) in [6.07, 6.45) is 1.54. The summed E-state index contributed by atoms with van der Waals surface area (Å²) >= 11 is 0. The van der Waals surface area contributed by atoms with Crippen LogP contribution >= 0.6 is 0 Å². The lowest BCUT2D eigenvalue weighted by molar-refractivity contribution is -0.120. The van der Waals surface area contributed by atoms with Crippen molar-refractivity contribution in [1.29, 1.82) is 0 Å². The normalized spacial score (nSPS) is 12.5. The number of nitrogens with zero attached hydrogens (tertiary/aromatic N) is 1. The van der Waals surface area contributed by atoms with Crippen molar-refractivity contribution in [2.45, 2.75) is 33.2 Å². The molecule has 1 amide bonds. The fourth-order valence-electron chi connectivity index (χ4n) is 2.04. The molecule has 0 spiro atoms. The topological polar surface area (TPSA) is 58.4 Å². The van der Waals surface area contributed by atoms with E-state index in [0.717, 1.165) is 24.6 Å². The maximum atomic E-state index is 11.2. The number of hydrazine groups is 1. The average molecular weight is 263 g/mol. The average Bonchev–Trinajstić information content (AvgIpc) is 2.40. The molecule has 0 fully saturated rings. The minimum absolute atomic E-state index is 0.165. The van der Waals surface area contributed by atoms with Gasteiger partial charge in [-0.3, -0.25) is 10.2 Å². The summed E-state index contributed by atoms with van der Waals surface area (Å²) in [6, 6.07) is 8.13. The van der Waals surface area contributed by atoms with E-state index in [1.807, 2.05) is 12.1 Å². The van der Waals surface area contributed by atoms with Crippen LogP contribution in [-0.2, 0) is 17.8 Å². The van der Waals surface area contributed by atoms with Crippen LogP contribution in [0.4, 0.5) is 0 Å². The number of hydrogen-bond donors (Lipinski definition) is 2. The fourth-order valence-corrected chi connectivity index (χ4v) is 2.04. The van der Waals surface area contributed by atoms with Gasteiger partial charge in [0, 0.05) is 13.1 Å². The molecule has 1 aromatic carbocycles. The van der Waals surface area contributed by atoms with Gasteiger partial charge < -0.3 is 4.90 Å². The van der Waals surface area contributed by atoms with E-state index in [0.29, 0.717) is 6.42 Å². The van der Waals surface area contributed by atoms with Gasteiger partial charge in [0.15, 0.2) is 0 Å². The first-order chi connectivity index (χ1) is 9.05. The summed E-state index contributed by atoms with van der Waals surface area (Å²) in [5.74, 6) is 5.62. The van der Waals surface area contributed by atoms with Crippen LogP contribution in [0.15, 0.2) is 24.3 Å². The molecule has 19 heavy (non-hydrogen) atoms. The first-order valence-corrected chi connectivity index (χ1v) is 6.81. The van der Waals surface area contributed by atoms with Crippen LogP contribution in [-0.4, -0.2) is 24.4 Å². The minimum atomic E-state index is -0.165. The predicted molar refractivity (Wildman–Crippen MR) is 78.3 cm³/mol. The molecule has 4 heteroatoms. The summed E-state index contributed by atoms with van der Waals surface area (Å²) in [6.45, 7) is 6.53. The van der Waals surface area contributed by atoms with Crippen LogP contribution in [0.5, 0.6) is 0 Å². The van der Waals surface area contributed by atoms with Crippen molar-refractivity contribution >= 4 is 5.91 Å². The summed E-state index contributed by atoms with van der Waals surface area (Å²) in [5.41, 5.74) is 4.39. The van der Waals surface area contributed by atoms with Crippen molar-refractivity contribution in [3.05, 3.63) is 35.4 Å². The Morgan fingerprint density at radius 1 is 1.32 bits per heavy atom. The summed E-state index contributed by atoms with van der Waals surface area (Å²) in [7, 11) is 2.14. The molecule has 0 aliphatic rings. The molecule has 106 valence electrons. The zero-order valence-electron chi connectivity index (χ0n) is 12.1. The number of rotatable bonds is 7. The maximum Gasteiger partial charge on any atom is 0.238 e. The highest BCUT2D eigenvalue weighted by Gasteiger charge is 2.06. The molecule has 0 radical (unpaired) electrons.